The first-order valence-electron chi connectivity index (χ1n) is 9.36. The fourth-order valence-electron chi connectivity index (χ4n) is 4.11. The highest BCUT2D eigenvalue weighted by Gasteiger charge is 2.20. The number of allylic oxidation sites excluding steroid dienone is 1. The van der Waals surface area contributed by atoms with Crippen molar-refractivity contribution < 1.29 is 0 Å². The molecule has 0 amide bonds. The van der Waals surface area contributed by atoms with E-state index in [-0.39, 0.29) is 0 Å². The second-order valence-electron chi connectivity index (χ2n) is 7.26. The Labute approximate surface area is 168 Å². The molecule has 0 N–H and O–H groups in total. The van der Waals surface area contributed by atoms with E-state index in [2.05, 4.69) is 106 Å². The van der Waals surface area contributed by atoms with Crippen molar-refractivity contribution in [1.82, 2.24) is 4.57 Å². The van der Waals surface area contributed by atoms with Gasteiger partial charge in [0.1, 0.15) is 0 Å². The number of halogens is 1. The van der Waals surface area contributed by atoms with E-state index in [4.69, 9.17) is 0 Å². The predicted octanol–water partition coefficient (Wildman–Crippen LogP) is 7.41. The van der Waals surface area contributed by atoms with Gasteiger partial charge < -0.3 is 4.57 Å². The predicted molar refractivity (Wildman–Crippen MR) is 118 cm³/mol. The summed E-state index contributed by atoms with van der Waals surface area (Å²) in [7, 11) is 0. The Balaban J connectivity index is 1.70. The minimum absolute atomic E-state index is 1.09. The lowest BCUT2D eigenvalue weighted by Gasteiger charge is -2.16. The molecule has 0 radical (unpaired) electrons. The zero-order chi connectivity index (χ0) is 18.4. The highest BCUT2D eigenvalue weighted by Crippen LogP contribution is 2.37. The SMILES string of the molecule is CC1=Cc2c(n(-c3ccc(-c4ccccc4)cc3)c3ccc(Br)cc23)CC1. The first kappa shape index (κ1) is 16.6. The van der Waals surface area contributed by atoms with E-state index in [0.29, 0.717) is 0 Å². The molecular weight excluding hydrogens is 394 g/mol. The van der Waals surface area contributed by atoms with Crippen molar-refractivity contribution in [3.05, 3.63) is 94.1 Å². The summed E-state index contributed by atoms with van der Waals surface area (Å²) in [6.45, 7) is 2.23. The number of benzene rings is 3. The van der Waals surface area contributed by atoms with E-state index >= 15 is 0 Å². The van der Waals surface area contributed by atoms with Crippen LogP contribution in [0.1, 0.15) is 24.6 Å². The molecule has 2 heteroatoms. The number of rotatable bonds is 2. The van der Waals surface area contributed by atoms with Crippen molar-refractivity contribution in [3.63, 3.8) is 0 Å². The lowest BCUT2D eigenvalue weighted by Crippen LogP contribution is -2.04. The Morgan fingerprint density at radius 3 is 2.33 bits per heavy atom. The zero-order valence-electron chi connectivity index (χ0n) is 15.2. The van der Waals surface area contributed by atoms with Gasteiger partial charge >= 0.3 is 0 Å². The smallest absolute Gasteiger partial charge is 0.0538 e. The fourth-order valence-corrected chi connectivity index (χ4v) is 4.47. The number of hydrogen-bond acceptors (Lipinski definition) is 0. The van der Waals surface area contributed by atoms with E-state index in [1.807, 2.05) is 0 Å². The number of nitrogens with zero attached hydrogens (tertiary/aromatic N) is 1. The van der Waals surface area contributed by atoms with Gasteiger partial charge in [0.2, 0.25) is 0 Å². The third-order valence-electron chi connectivity index (χ3n) is 5.45. The Bertz CT molecular complexity index is 1160. The summed E-state index contributed by atoms with van der Waals surface area (Å²) >= 11 is 3.65. The molecule has 4 aromatic rings. The van der Waals surface area contributed by atoms with Crippen LogP contribution in [0, 0.1) is 0 Å². The van der Waals surface area contributed by atoms with E-state index in [0.717, 1.165) is 17.3 Å². The van der Waals surface area contributed by atoms with Crippen LogP contribution in [0.3, 0.4) is 0 Å². The molecule has 0 spiro atoms. The van der Waals surface area contributed by atoms with Crippen LogP contribution in [0.4, 0.5) is 0 Å². The fraction of sp³-hybridized carbons (Fsp3) is 0.120. The monoisotopic (exact) mass is 413 g/mol. The van der Waals surface area contributed by atoms with Crippen LogP contribution in [0.5, 0.6) is 0 Å². The molecule has 1 nitrogen and oxygen atoms in total. The molecule has 5 rings (SSSR count). The van der Waals surface area contributed by atoms with Crippen molar-refractivity contribution in [2.75, 3.05) is 0 Å². The van der Waals surface area contributed by atoms with Crippen molar-refractivity contribution in [2.45, 2.75) is 19.8 Å². The summed E-state index contributed by atoms with van der Waals surface area (Å²) < 4.78 is 3.57. The first-order chi connectivity index (χ1) is 13.2. The van der Waals surface area contributed by atoms with Gasteiger partial charge in [0.15, 0.2) is 0 Å². The summed E-state index contributed by atoms with van der Waals surface area (Å²) in [4.78, 5) is 0. The van der Waals surface area contributed by atoms with Crippen LogP contribution in [0.15, 0.2) is 82.8 Å². The maximum Gasteiger partial charge on any atom is 0.0538 e. The highest BCUT2D eigenvalue weighted by molar-refractivity contribution is 9.10. The lowest BCUT2D eigenvalue weighted by molar-refractivity contribution is 0.856. The largest absolute Gasteiger partial charge is 0.313 e. The molecule has 0 unspecified atom stereocenters. The number of hydrogen-bond donors (Lipinski definition) is 0. The number of fused-ring (bicyclic) bond motifs is 3. The lowest BCUT2D eigenvalue weighted by atomic mass is 9.97. The van der Waals surface area contributed by atoms with Gasteiger partial charge in [-0.25, -0.2) is 0 Å². The standard InChI is InChI=1S/C25H20BrN/c1-17-7-13-24-22(15-17)23-16-20(26)10-14-25(23)27(24)21-11-8-19(9-12-21)18-5-3-2-4-6-18/h2-6,8-12,14-16H,7,13H2,1H3. The van der Waals surface area contributed by atoms with Crippen LogP contribution < -0.4 is 0 Å². The summed E-state index contributed by atoms with van der Waals surface area (Å²) in [5, 5.41) is 1.32. The Hall–Kier alpha value is -2.58. The summed E-state index contributed by atoms with van der Waals surface area (Å²) in [6, 6.07) is 26.1. The molecule has 27 heavy (non-hydrogen) atoms. The molecule has 132 valence electrons. The average Bonchev–Trinajstić information content (AvgIpc) is 3.02. The van der Waals surface area contributed by atoms with Crippen LogP contribution in [0.25, 0.3) is 33.8 Å². The van der Waals surface area contributed by atoms with E-state index in [9.17, 15) is 0 Å². The first-order valence-corrected chi connectivity index (χ1v) is 10.2. The quantitative estimate of drug-likeness (QED) is 0.322. The molecule has 0 atom stereocenters. The Morgan fingerprint density at radius 2 is 1.56 bits per heavy atom. The molecule has 0 saturated carbocycles. The van der Waals surface area contributed by atoms with Gasteiger partial charge in [-0.2, -0.15) is 0 Å². The maximum absolute atomic E-state index is 3.65. The highest BCUT2D eigenvalue weighted by atomic mass is 79.9. The number of aromatic nitrogens is 1. The molecule has 1 aliphatic rings. The van der Waals surface area contributed by atoms with Crippen molar-refractivity contribution in [1.29, 1.82) is 0 Å². The van der Waals surface area contributed by atoms with Gasteiger partial charge in [-0.1, -0.05) is 70.0 Å². The molecule has 0 aliphatic heterocycles. The molecule has 1 heterocycles. The van der Waals surface area contributed by atoms with Crippen LogP contribution in [0.2, 0.25) is 0 Å². The third-order valence-corrected chi connectivity index (χ3v) is 5.94. The molecule has 3 aromatic carbocycles. The summed E-state index contributed by atoms with van der Waals surface area (Å²) in [6.07, 6.45) is 4.58. The maximum atomic E-state index is 3.65. The zero-order valence-corrected chi connectivity index (χ0v) is 16.8. The van der Waals surface area contributed by atoms with Gasteiger partial charge in [-0.05, 0) is 61.2 Å². The van der Waals surface area contributed by atoms with Gasteiger partial charge in [-0.15, -0.1) is 0 Å². The Morgan fingerprint density at radius 1 is 0.815 bits per heavy atom. The van der Waals surface area contributed by atoms with Crippen molar-refractivity contribution in [2.24, 2.45) is 0 Å². The Kier molecular flexibility index (Phi) is 4.02. The van der Waals surface area contributed by atoms with E-state index in [1.54, 1.807) is 0 Å². The second kappa shape index (κ2) is 6.54. The van der Waals surface area contributed by atoms with Crippen LogP contribution in [-0.4, -0.2) is 4.57 Å². The topological polar surface area (TPSA) is 4.93 Å². The van der Waals surface area contributed by atoms with E-state index < -0.39 is 0 Å². The molecule has 1 aliphatic carbocycles. The van der Waals surface area contributed by atoms with Gasteiger partial charge in [0, 0.05) is 26.8 Å². The third kappa shape index (κ3) is 2.85. The van der Waals surface area contributed by atoms with Gasteiger partial charge in [-0.3, -0.25) is 0 Å². The van der Waals surface area contributed by atoms with Crippen molar-refractivity contribution in [3.8, 4) is 16.8 Å². The molecule has 1 aromatic heterocycles. The normalized spacial score (nSPS) is 13.5. The van der Waals surface area contributed by atoms with Crippen molar-refractivity contribution >= 4 is 32.9 Å². The molecule has 0 bridgehead atoms. The van der Waals surface area contributed by atoms with Crippen LogP contribution >= 0.6 is 15.9 Å². The molecule has 0 saturated heterocycles. The summed E-state index contributed by atoms with van der Waals surface area (Å²) in [5.74, 6) is 0. The molecule has 0 fully saturated rings. The van der Waals surface area contributed by atoms with Gasteiger partial charge in [0.05, 0.1) is 5.52 Å². The minimum atomic E-state index is 1.09. The second-order valence-corrected chi connectivity index (χ2v) is 8.18. The van der Waals surface area contributed by atoms with Gasteiger partial charge in [0.25, 0.3) is 0 Å². The average molecular weight is 414 g/mol. The molecular formula is C25H20BrN. The van der Waals surface area contributed by atoms with Crippen LogP contribution in [-0.2, 0) is 6.42 Å². The summed E-state index contributed by atoms with van der Waals surface area (Å²) in [5.41, 5.74) is 9.27. The minimum Gasteiger partial charge on any atom is -0.313 e. The van der Waals surface area contributed by atoms with E-state index in [1.165, 1.54) is 44.5 Å².